The molecule has 2 aromatic rings. The first-order valence-corrected chi connectivity index (χ1v) is 5.96. The summed E-state index contributed by atoms with van der Waals surface area (Å²) < 4.78 is 2.36. The molecule has 0 aliphatic heterocycles. The quantitative estimate of drug-likeness (QED) is 0.674. The first-order chi connectivity index (χ1) is 8.66. The molecule has 0 amide bonds. The smallest absolute Gasteiger partial charge is 0.270 e. The Labute approximate surface area is 111 Å². The summed E-state index contributed by atoms with van der Waals surface area (Å²) in [5, 5.41) is 17.7. The molecule has 0 saturated heterocycles. The minimum absolute atomic E-state index is 0.0590. The van der Waals surface area contributed by atoms with Crippen molar-refractivity contribution in [2.75, 3.05) is 11.9 Å². The summed E-state index contributed by atoms with van der Waals surface area (Å²) >= 11 is 3.29. The lowest BCUT2D eigenvalue weighted by Crippen LogP contribution is -2.11. The van der Waals surface area contributed by atoms with E-state index < -0.39 is 4.92 Å². The van der Waals surface area contributed by atoms with Crippen molar-refractivity contribution in [2.24, 2.45) is 0 Å². The van der Waals surface area contributed by atoms with Gasteiger partial charge >= 0.3 is 0 Å². The maximum Gasteiger partial charge on any atom is 0.270 e. The average Bonchev–Trinajstić information content (AvgIpc) is 2.84. The molecule has 0 fully saturated rings. The molecule has 7 nitrogen and oxygen atoms in total. The van der Waals surface area contributed by atoms with Crippen LogP contribution in [0.2, 0.25) is 0 Å². The molecule has 1 heterocycles. The number of aromatic nitrogens is 3. The van der Waals surface area contributed by atoms with E-state index in [9.17, 15) is 10.1 Å². The van der Waals surface area contributed by atoms with Crippen molar-refractivity contribution in [2.45, 2.75) is 6.54 Å². The predicted molar refractivity (Wildman–Crippen MR) is 69.3 cm³/mol. The van der Waals surface area contributed by atoms with Crippen molar-refractivity contribution >= 4 is 27.3 Å². The number of anilines is 1. The molecule has 2 rings (SSSR count). The number of rotatable bonds is 5. The molecular formula is C10H10BrN5O2. The van der Waals surface area contributed by atoms with E-state index in [2.05, 4.69) is 31.3 Å². The van der Waals surface area contributed by atoms with E-state index in [1.807, 2.05) is 0 Å². The zero-order chi connectivity index (χ0) is 13.0. The van der Waals surface area contributed by atoms with E-state index in [0.717, 1.165) is 5.69 Å². The summed E-state index contributed by atoms with van der Waals surface area (Å²) in [5.41, 5.74) is 0.865. The van der Waals surface area contributed by atoms with Gasteiger partial charge in [0, 0.05) is 28.8 Å². The maximum absolute atomic E-state index is 10.6. The number of hydrogen-bond acceptors (Lipinski definition) is 5. The van der Waals surface area contributed by atoms with Crippen LogP contribution in [0.15, 0.2) is 35.3 Å². The van der Waals surface area contributed by atoms with Gasteiger partial charge in [-0.25, -0.2) is 4.98 Å². The van der Waals surface area contributed by atoms with E-state index in [-0.39, 0.29) is 5.69 Å². The largest absolute Gasteiger partial charge is 0.382 e. The van der Waals surface area contributed by atoms with Gasteiger partial charge in [0.25, 0.3) is 5.69 Å². The average molecular weight is 312 g/mol. The lowest BCUT2D eigenvalue weighted by Gasteiger charge is -2.08. The van der Waals surface area contributed by atoms with Crippen LogP contribution in [0.25, 0.3) is 0 Å². The third-order valence-electron chi connectivity index (χ3n) is 2.29. The molecule has 0 radical (unpaired) electrons. The van der Waals surface area contributed by atoms with Gasteiger partial charge in [-0.05, 0) is 22.0 Å². The second-order valence-electron chi connectivity index (χ2n) is 3.51. The molecule has 1 N–H and O–H groups in total. The molecule has 1 aromatic carbocycles. The minimum atomic E-state index is -0.427. The van der Waals surface area contributed by atoms with Gasteiger partial charge in [0.1, 0.15) is 12.7 Å². The number of nitrogens with one attached hydrogen (secondary N) is 1. The van der Waals surface area contributed by atoms with Gasteiger partial charge in [0.05, 0.1) is 11.5 Å². The number of hydrogen-bond donors (Lipinski definition) is 1. The standard InChI is InChI=1S/C10H10BrN5O2/c11-9-5-8(16(17)18)1-2-10(9)13-3-4-15-7-12-6-14-15/h1-2,5-7,13H,3-4H2. The molecule has 0 atom stereocenters. The Hall–Kier alpha value is -1.96. The van der Waals surface area contributed by atoms with Gasteiger partial charge in [-0.1, -0.05) is 0 Å². The zero-order valence-electron chi connectivity index (χ0n) is 9.28. The van der Waals surface area contributed by atoms with Crippen LogP contribution >= 0.6 is 15.9 Å². The Balaban J connectivity index is 1.95. The number of non-ortho nitro benzene ring substituents is 1. The molecule has 8 heteroatoms. The lowest BCUT2D eigenvalue weighted by molar-refractivity contribution is -0.384. The van der Waals surface area contributed by atoms with E-state index in [1.54, 1.807) is 17.1 Å². The van der Waals surface area contributed by atoms with Crippen molar-refractivity contribution in [3.63, 3.8) is 0 Å². The van der Waals surface area contributed by atoms with Gasteiger partial charge < -0.3 is 5.32 Å². The molecule has 0 aliphatic carbocycles. The maximum atomic E-state index is 10.6. The molecule has 0 aliphatic rings. The fraction of sp³-hybridized carbons (Fsp3) is 0.200. The topological polar surface area (TPSA) is 85.9 Å². The summed E-state index contributed by atoms with van der Waals surface area (Å²) in [6, 6.07) is 4.60. The molecule has 0 spiro atoms. The fourth-order valence-electron chi connectivity index (χ4n) is 1.41. The molecule has 18 heavy (non-hydrogen) atoms. The van der Waals surface area contributed by atoms with Crippen molar-refractivity contribution in [1.82, 2.24) is 14.8 Å². The van der Waals surface area contributed by atoms with E-state index in [4.69, 9.17) is 0 Å². The second-order valence-corrected chi connectivity index (χ2v) is 4.36. The number of nitro groups is 1. The number of nitrogens with zero attached hydrogens (tertiary/aromatic N) is 4. The molecule has 0 unspecified atom stereocenters. The third kappa shape index (κ3) is 3.04. The van der Waals surface area contributed by atoms with E-state index >= 15 is 0 Å². The summed E-state index contributed by atoms with van der Waals surface area (Å²) in [7, 11) is 0. The summed E-state index contributed by atoms with van der Waals surface area (Å²) in [6.07, 6.45) is 3.11. The third-order valence-corrected chi connectivity index (χ3v) is 2.94. The Morgan fingerprint density at radius 3 is 2.94 bits per heavy atom. The Kier molecular flexibility index (Phi) is 3.88. The van der Waals surface area contributed by atoms with Crippen molar-refractivity contribution in [3.8, 4) is 0 Å². The molecule has 1 aromatic heterocycles. The molecule has 94 valence electrons. The van der Waals surface area contributed by atoms with Gasteiger partial charge in [-0.3, -0.25) is 14.8 Å². The fourth-order valence-corrected chi connectivity index (χ4v) is 1.92. The van der Waals surface area contributed by atoms with Gasteiger partial charge in [0.2, 0.25) is 0 Å². The van der Waals surface area contributed by atoms with Gasteiger partial charge in [-0.15, -0.1) is 0 Å². The first kappa shape index (κ1) is 12.5. The van der Waals surface area contributed by atoms with Crippen molar-refractivity contribution in [3.05, 3.63) is 45.4 Å². The van der Waals surface area contributed by atoms with Crippen molar-refractivity contribution < 1.29 is 4.92 Å². The van der Waals surface area contributed by atoms with Gasteiger partial charge in [-0.2, -0.15) is 5.10 Å². The first-order valence-electron chi connectivity index (χ1n) is 5.17. The highest BCUT2D eigenvalue weighted by Crippen LogP contribution is 2.26. The van der Waals surface area contributed by atoms with Crippen LogP contribution in [0.3, 0.4) is 0 Å². The van der Waals surface area contributed by atoms with Crippen LogP contribution in [0.1, 0.15) is 0 Å². The van der Waals surface area contributed by atoms with Crippen LogP contribution in [-0.2, 0) is 6.54 Å². The van der Waals surface area contributed by atoms with E-state index in [0.29, 0.717) is 17.6 Å². The van der Waals surface area contributed by atoms with Crippen molar-refractivity contribution in [1.29, 1.82) is 0 Å². The zero-order valence-corrected chi connectivity index (χ0v) is 10.9. The Morgan fingerprint density at radius 2 is 2.33 bits per heavy atom. The minimum Gasteiger partial charge on any atom is -0.382 e. The van der Waals surface area contributed by atoms with Crippen LogP contribution in [0.5, 0.6) is 0 Å². The van der Waals surface area contributed by atoms with Crippen LogP contribution < -0.4 is 5.32 Å². The Morgan fingerprint density at radius 1 is 1.50 bits per heavy atom. The Bertz CT molecular complexity index is 543. The highest BCUT2D eigenvalue weighted by Gasteiger charge is 2.08. The predicted octanol–water partition coefficient (Wildman–Crippen LogP) is 2.06. The summed E-state index contributed by atoms with van der Waals surface area (Å²) in [6.45, 7) is 1.32. The summed E-state index contributed by atoms with van der Waals surface area (Å²) in [5.74, 6) is 0. The summed E-state index contributed by atoms with van der Waals surface area (Å²) in [4.78, 5) is 14.0. The normalized spacial score (nSPS) is 10.3. The van der Waals surface area contributed by atoms with Gasteiger partial charge in [0.15, 0.2) is 0 Å². The lowest BCUT2D eigenvalue weighted by atomic mass is 10.3. The highest BCUT2D eigenvalue weighted by molar-refractivity contribution is 9.10. The molecule has 0 saturated carbocycles. The SMILES string of the molecule is O=[N+]([O-])c1ccc(NCCn2cncn2)c(Br)c1. The van der Waals surface area contributed by atoms with E-state index in [1.165, 1.54) is 18.5 Å². The monoisotopic (exact) mass is 311 g/mol. The molecular weight excluding hydrogens is 302 g/mol. The number of nitro benzene ring substituents is 1. The highest BCUT2D eigenvalue weighted by atomic mass is 79.9. The van der Waals surface area contributed by atoms with Crippen LogP contribution in [-0.4, -0.2) is 26.2 Å². The number of halogens is 1. The molecule has 0 bridgehead atoms. The number of benzene rings is 1. The second kappa shape index (κ2) is 5.58. The van der Waals surface area contributed by atoms with Crippen LogP contribution in [0, 0.1) is 10.1 Å². The van der Waals surface area contributed by atoms with Crippen LogP contribution in [0.4, 0.5) is 11.4 Å².